The molecule has 0 fully saturated rings. The Morgan fingerprint density at radius 1 is 0.292 bits per heavy atom. The number of para-hydroxylation sites is 1. The SMILES string of the molecule is CC(C)c1ccc(N(c2ccc(C(C)C)cc2)c2ccc3cc4c5cccc6c7cc8ccc(N(c9ccc(C(C)C)cc9)c9ccc(C(C)C)cc9)cc8cc7n(c4cc3c2)c56)cc1. The summed E-state index contributed by atoms with van der Waals surface area (Å²) >= 11 is 0. The van der Waals surface area contributed by atoms with Crippen molar-refractivity contribution in [3.05, 3.63) is 198 Å². The van der Waals surface area contributed by atoms with Crippen LogP contribution in [0.3, 0.4) is 0 Å². The fourth-order valence-corrected chi connectivity index (χ4v) is 10.1. The molecule has 2 aromatic heterocycles. The van der Waals surface area contributed by atoms with E-state index in [1.54, 1.807) is 0 Å². The first-order valence-corrected chi connectivity index (χ1v) is 23.6. The molecule has 0 saturated carbocycles. The molecule has 11 aromatic rings. The average molecular weight is 844 g/mol. The van der Waals surface area contributed by atoms with Crippen LogP contribution in [0, 0.1) is 0 Å². The van der Waals surface area contributed by atoms with Gasteiger partial charge in [-0.05, 0) is 165 Å². The zero-order valence-electron chi connectivity index (χ0n) is 38.9. The first kappa shape index (κ1) is 40.7. The Morgan fingerprint density at radius 2 is 0.600 bits per heavy atom. The van der Waals surface area contributed by atoms with Gasteiger partial charge in [0.2, 0.25) is 0 Å². The molecule has 9 aromatic carbocycles. The molecule has 0 aliphatic heterocycles. The minimum Gasteiger partial charge on any atom is -0.310 e. The summed E-state index contributed by atoms with van der Waals surface area (Å²) in [7, 11) is 0. The third-order valence-electron chi connectivity index (χ3n) is 14.0. The summed E-state index contributed by atoms with van der Waals surface area (Å²) in [6.45, 7) is 18.1. The first-order chi connectivity index (χ1) is 31.5. The van der Waals surface area contributed by atoms with E-state index in [0.29, 0.717) is 23.7 Å². The van der Waals surface area contributed by atoms with Crippen LogP contribution in [0.15, 0.2) is 176 Å². The Kier molecular flexibility index (Phi) is 9.92. The van der Waals surface area contributed by atoms with Crippen LogP contribution in [-0.4, -0.2) is 4.40 Å². The molecule has 0 N–H and O–H groups in total. The smallest absolute Gasteiger partial charge is 0.0620 e. The zero-order chi connectivity index (χ0) is 44.7. The molecule has 2 heterocycles. The van der Waals surface area contributed by atoms with Gasteiger partial charge in [-0.2, -0.15) is 0 Å². The van der Waals surface area contributed by atoms with Crippen molar-refractivity contribution >= 4 is 93.8 Å². The molecule has 0 atom stereocenters. The van der Waals surface area contributed by atoms with Gasteiger partial charge in [0.05, 0.1) is 16.6 Å². The Hall–Kier alpha value is -7.10. The molecule has 0 aliphatic carbocycles. The van der Waals surface area contributed by atoms with E-state index < -0.39 is 0 Å². The molecule has 0 radical (unpaired) electrons. The largest absolute Gasteiger partial charge is 0.310 e. The van der Waals surface area contributed by atoms with Crippen molar-refractivity contribution in [2.24, 2.45) is 0 Å². The number of hydrogen-bond donors (Lipinski definition) is 0. The Bertz CT molecular complexity index is 3180. The standard InChI is InChI=1S/C62H57N3/c1-38(2)42-12-22-50(23-13-42)63(51-24-14-43(15-25-51)39(3)4)54-30-20-46-34-58-56-10-9-11-57-59-35-47-21-31-55(33-49(47)37-61(59)65(62(56)57)60(58)36-48(46)32-54)64(52-26-16-44(17-27-52)40(5)6)53-28-18-45(19-29-53)41(7)8/h9-41H,1-8H3. The molecule has 3 heteroatoms. The van der Waals surface area contributed by atoms with E-state index in [-0.39, 0.29) is 0 Å². The van der Waals surface area contributed by atoms with E-state index in [1.807, 2.05) is 0 Å². The van der Waals surface area contributed by atoms with Crippen LogP contribution in [0.1, 0.15) is 101 Å². The van der Waals surface area contributed by atoms with Crippen LogP contribution >= 0.6 is 0 Å². The molecule has 320 valence electrons. The van der Waals surface area contributed by atoms with E-state index in [1.165, 1.54) is 81.9 Å². The summed E-state index contributed by atoms with van der Waals surface area (Å²) in [5, 5.41) is 10.1. The fourth-order valence-electron chi connectivity index (χ4n) is 10.1. The molecule has 0 saturated heterocycles. The Labute approximate surface area is 383 Å². The van der Waals surface area contributed by atoms with Gasteiger partial charge in [-0.25, -0.2) is 0 Å². The number of aromatic nitrogens is 1. The summed E-state index contributed by atoms with van der Waals surface area (Å²) < 4.78 is 2.54. The van der Waals surface area contributed by atoms with Crippen molar-refractivity contribution in [3.63, 3.8) is 0 Å². The van der Waals surface area contributed by atoms with Crippen LogP contribution in [-0.2, 0) is 0 Å². The van der Waals surface area contributed by atoms with Crippen molar-refractivity contribution in [2.75, 3.05) is 9.80 Å². The molecule has 0 bridgehead atoms. The molecule has 0 unspecified atom stereocenters. The maximum Gasteiger partial charge on any atom is 0.0620 e. The minimum atomic E-state index is 0.473. The average Bonchev–Trinajstić information content (AvgIpc) is 3.82. The van der Waals surface area contributed by atoms with Crippen LogP contribution in [0.25, 0.3) is 59.6 Å². The number of rotatable bonds is 10. The monoisotopic (exact) mass is 843 g/mol. The van der Waals surface area contributed by atoms with Gasteiger partial charge in [-0.1, -0.05) is 134 Å². The minimum absolute atomic E-state index is 0.473. The van der Waals surface area contributed by atoms with Gasteiger partial charge in [0.1, 0.15) is 0 Å². The van der Waals surface area contributed by atoms with Crippen molar-refractivity contribution in [3.8, 4) is 0 Å². The van der Waals surface area contributed by atoms with E-state index >= 15 is 0 Å². The van der Waals surface area contributed by atoms with Gasteiger partial charge >= 0.3 is 0 Å². The molecule has 0 amide bonds. The van der Waals surface area contributed by atoms with Gasteiger partial charge in [-0.3, -0.25) is 0 Å². The van der Waals surface area contributed by atoms with Crippen molar-refractivity contribution in [1.82, 2.24) is 4.40 Å². The molecule has 11 rings (SSSR count). The second-order valence-corrected chi connectivity index (χ2v) is 19.5. The summed E-state index contributed by atoms with van der Waals surface area (Å²) in [6.07, 6.45) is 0. The quantitative estimate of drug-likeness (QED) is 0.136. The van der Waals surface area contributed by atoms with Crippen LogP contribution < -0.4 is 9.80 Å². The predicted octanol–water partition coefficient (Wildman–Crippen LogP) is 18.6. The van der Waals surface area contributed by atoms with E-state index in [4.69, 9.17) is 0 Å². The third-order valence-corrected chi connectivity index (χ3v) is 14.0. The highest BCUT2D eigenvalue weighted by Crippen LogP contribution is 2.44. The van der Waals surface area contributed by atoms with Gasteiger partial charge in [-0.15, -0.1) is 0 Å². The van der Waals surface area contributed by atoms with Gasteiger partial charge < -0.3 is 14.2 Å². The Balaban J connectivity index is 1.08. The molecule has 0 spiro atoms. The third kappa shape index (κ3) is 6.97. The molecular formula is C62H57N3. The predicted molar refractivity (Wildman–Crippen MR) is 282 cm³/mol. The highest BCUT2D eigenvalue weighted by molar-refractivity contribution is 6.26. The fraction of sp³-hybridized carbons (Fsp3) is 0.194. The van der Waals surface area contributed by atoms with Crippen molar-refractivity contribution in [2.45, 2.75) is 79.1 Å². The van der Waals surface area contributed by atoms with Gasteiger partial charge in [0.15, 0.2) is 0 Å². The molecular weight excluding hydrogens is 787 g/mol. The van der Waals surface area contributed by atoms with Crippen LogP contribution in [0.4, 0.5) is 34.1 Å². The van der Waals surface area contributed by atoms with E-state index in [2.05, 4.69) is 246 Å². The topological polar surface area (TPSA) is 10.9 Å². The summed E-state index contributed by atoms with van der Waals surface area (Å²) in [5.41, 5.74) is 16.0. The lowest BCUT2D eigenvalue weighted by Crippen LogP contribution is -2.10. The number of hydrogen-bond acceptors (Lipinski definition) is 2. The molecule has 3 nitrogen and oxygen atoms in total. The number of nitrogens with zero attached hydrogens (tertiary/aromatic N) is 3. The maximum atomic E-state index is 2.54. The number of anilines is 6. The summed E-state index contributed by atoms with van der Waals surface area (Å²) in [4.78, 5) is 4.81. The lowest BCUT2D eigenvalue weighted by molar-refractivity contribution is 0.866. The van der Waals surface area contributed by atoms with E-state index in [9.17, 15) is 0 Å². The lowest BCUT2D eigenvalue weighted by Gasteiger charge is -2.26. The van der Waals surface area contributed by atoms with Gasteiger partial charge in [0.25, 0.3) is 0 Å². The number of benzene rings is 9. The zero-order valence-corrected chi connectivity index (χ0v) is 38.9. The summed E-state index contributed by atoms with van der Waals surface area (Å²) in [6, 6.07) is 66.9. The Morgan fingerprint density at radius 3 is 0.908 bits per heavy atom. The molecule has 65 heavy (non-hydrogen) atoms. The van der Waals surface area contributed by atoms with Gasteiger partial charge in [0, 0.05) is 55.7 Å². The second kappa shape index (κ2) is 15.9. The maximum absolute atomic E-state index is 2.54. The molecule has 0 aliphatic rings. The first-order valence-electron chi connectivity index (χ1n) is 23.6. The normalized spacial score (nSPS) is 12.2. The summed E-state index contributed by atoms with van der Waals surface area (Å²) in [5.74, 6) is 1.89. The van der Waals surface area contributed by atoms with Crippen molar-refractivity contribution < 1.29 is 0 Å². The second-order valence-electron chi connectivity index (χ2n) is 19.5. The van der Waals surface area contributed by atoms with Crippen molar-refractivity contribution in [1.29, 1.82) is 0 Å². The lowest BCUT2D eigenvalue weighted by atomic mass is 10.0. The van der Waals surface area contributed by atoms with E-state index in [0.717, 1.165) is 34.1 Å². The highest BCUT2D eigenvalue weighted by atomic mass is 15.1. The van der Waals surface area contributed by atoms with Crippen LogP contribution in [0.5, 0.6) is 0 Å². The highest BCUT2D eigenvalue weighted by Gasteiger charge is 2.21. The van der Waals surface area contributed by atoms with Crippen LogP contribution in [0.2, 0.25) is 0 Å². The number of fused-ring (bicyclic) bond motifs is 8.